The zero-order chi connectivity index (χ0) is 23.1. The first-order chi connectivity index (χ1) is 16.0. The molecule has 0 aliphatic carbocycles. The lowest BCUT2D eigenvalue weighted by Gasteiger charge is -2.25. The SMILES string of the molecule is COc1cccc(C2/C(=C(/O)c3c[nH]c4ccccc34)C(=O)C(=O)N2c2ccc(C)cc2)c1. The molecule has 0 spiro atoms. The van der Waals surface area contributed by atoms with Crippen LogP contribution in [-0.2, 0) is 9.59 Å². The maximum absolute atomic E-state index is 13.3. The van der Waals surface area contributed by atoms with Crippen molar-refractivity contribution < 1.29 is 19.4 Å². The maximum atomic E-state index is 13.3. The summed E-state index contributed by atoms with van der Waals surface area (Å²) in [5.74, 6) is -1.04. The summed E-state index contributed by atoms with van der Waals surface area (Å²) < 4.78 is 5.38. The fourth-order valence-electron chi connectivity index (χ4n) is 4.34. The Hall–Kier alpha value is -4.32. The van der Waals surface area contributed by atoms with Crippen LogP contribution in [0.15, 0.2) is 84.6 Å². The van der Waals surface area contributed by atoms with Crippen molar-refractivity contribution >= 4 is 34.0 Å². The summed E-state index contributed by atoms with van der Waals surface area (Å²) in [7, 11) is 1.56. The van der Waals surface area contributed by atoms with E-state index in [-0.39, 0.29) is 11.3 Å². The van der Waals surface area contributed by atoms with Gasteiger partial charge in [0, 0.05) is 28.4 Å². The molecule has 0 bridgehead atoms. The monoisotopic (exact) mass is 438 g/mol. The molecule has 164 valence electrons. The summed E-state index contributed by atoms with van der Waals surface area (Å²) in [6.45, 7) is 1.95. The van der Waals surface area contributed by atoms with E-state index in [1.165, 1.54) is 4.90 Å². The molecule has 6 nitrogen and oxygen atoms in total. The number of para-hydroxylation sites is 1. The second kappa shape index (κ2) is 7.98. The Morgan fingerprint density at radius 2 is 1.76 bits per heavy atom. The summed E-state index contributed by atoms with van der Waals surface area (Å²) in [5.41, 5.74) is 3.61. The van der Waals surface area contributed by atoms with Crippen molar-refractivity contribution in [3.63, 3.8) is 0 Å². The molecule has 5 rings (SSSR count). The lowest BCUT2D eigenvalue weighted by molar-refractivity contribution is -0.132. The molecule has 1 aliphatic heterocycles. The van der Waals surface area contributed by atoms with Gasteiger partial charge in [-0.05, 0) is 42.8 Å². The molecule has 1 atom stereocenters. The minimum Gasteiger partial charge on any atom is -0.507 e. The Morgan fingerprint density at radius 3 is 2.52 bits per heavy atom. The number of Topliss-reactive ketones (excluding diaryl/α,β-unsaturated/α-hetero) is 1. The first kappa shape index (κ1) is 20.6. The van der Waals surface area contributed by atoms with Crippen molar-refractivity contribution in [3.8, 4) is 5.75 Å². The fraction of sp³-hybridized carbons (Fsp3) is 0.111. The van der Waals surface area contributed by atoms with Gasteiger partial charge in [-0.25, -0.2) is 0 Å². The molecule has 2 heterocycles. The van der Waals surface area contributed by atoms with Crippen LogP contribution in [0.3, 0.4) is 0 Å². The number of nitrogens with one attached hydrogen (secondary N) is 1. The molecule has 0 saturated carbocycles. The van der Waals surface area contributed by atoms with Gasteiger partial charge in [-0.15, -0.1) is 0 Å². The standard InChI is InChI=1S/C27H22N2O4/c1-16-10-12-18(13-11-16)29-24(17-6-5-7-19(14-17)33-2)23(26(31)27(29)32)25(30)21-15-28-22-9-4-3-8-20(21)22/h3-15,24,28,30H,1-2H3/b25-23-. The van der Waals surface area contributed by atoms with Crippen LogP contribution in [0.5, 0.6) is 5.75 Å². The number of aliphatic hydroxyl groups is 1. The van der Waals surface area contributed by atoms with Gasteiger partial charge < -0.3 is 14.8 Å². The zero-order valence-electron chi connectivity index (χ0n) is 18.2. The normalized spacial score (nSPS) is 17.6. The summed E-state index contributed by atoms with van der Waals surface area (Å²) in [5, 5.41) is 12.2. The van der Waals surface area contributed by atoms with E-state index < -0.39 is 17.7 Å². The molecule has 1 aromatic heterocycles. The van der Waals surface area contributed by atoms with Crippen LogP contribution in [0.4, 0.5) is 5.69 Å². The highest BCUT2D eigenvalue weighted by molar-refractivity contribution is 6.51. The molecule has 1 saturated heterocycles. The van der Waals surface area contributed by atoms with Gasteiger partial charge in [0.15, 0.2) is 0 Å². The van der Waals surface area contributed by atoms with E-state index in [1.54, 1.807) is 43.6 Å². The van der Waals surface area contributed by atoms with Crippen LogP contribution in [0.25, 0.3) is 16.7 Å². The van der Waals surface area contributed by atoms with Crippen molar-refractivity contribution in [2.75, 3.05) is 12.0 Å². The number of rotatable bonds is 4. The summed E-state index contributed by atoms with van der Waals surface area (Å²) in [6, 6.07) is 21.3. The number of anilines is 1. The van der Waals surface area contributed by atoms with Crippen molar-refractivity contribution in [2.45, 2.75) is 13.0 Å². The molecular formula is C27H22N2O4. The number of benzene rings is 3. The molecule has 6 heteroatoms. The van der Waals surface area contributed by atoms with Gasteiger partial charge in [-0.3, -0.25) is 14.5 Å². The number of carbonyl (C=O) groups is 2. The van der Waals surface area contributed by atoms with Crippen LogP contribution in [-0.4, -0.2) is 28.9 Å². The number of methoxy groups -OCH3 is 1. The molecule has 33 heavy (non-hydrogen) atoms. The first-order valence-corrected chi connectivity index (χ1v) is 10.6. The Labute approximate surface area is 190 Å². The Bertz CT molecular complexity index is 1420. The predicted octanol–water partition coefficient (Wildman–Crippen LogP) is 5.11. The largest absolute Gasteiger partial charge is 0.507 e. The molecule has 1 aliphatic rings. The molecule has 2 N–H and O–H groups in total. The van der Waals surface area contributed by atoms with Crippen molar-refractivity contribution in [2.24, 2.45) is 0 Å². The van der Waals surface area contributed by atoms with Crippen molar-refractivity contribution in [1.29, 1.82) is 0 Å². The number of ketones is 1. The van der Waals surface area contributed by atoms with Gasteiger partial charge in [0.25, 0.3) is 11.7 Å². The number of aliphatic hydroxyl groups excluding tert-OH is 1. The third-order valence-electron chi connectivity index (χ3n) is 6.01. The Morgan fingerprint density at radius 1 is 1.00 bits per heavy atom. The minimum atomic E-state index is -0.809. The number of amides is 1. The van der Waals surface area contributed by atoms with E-state index in [0.29, 0.717) is 22.6 Å². The van der Waals surface area contributed by atoms with E-state index in [0.717, 1.165) is 16.5 Å². The molecule has 1 fully saturated rings. The van der Waals surface area contributed by atoms with Gasteiger partial charge in [0.1, 0.15) is 11.5 Å². The van der Waals surface area contributed by atoms with Crippen molar-refractivity contribution in [1.82, 2.24) is 4.98 Å². The lowest BCUT2D eigenvalue weighted by Crippen LogP contribution is -2.29. The average Bonchev–Trinajstić information content (AvgIpc) is 3.39. The van der Waals surface area contributed by atoms with Crippen LogP contribution in [0.1, 0.15) is 22.7 Å². The third kappa shape index (κ3) is 3.36. The van der Waals surface area contributed by atoms with Crippen LogP contribution < -0.4 is 9.64 Å². The lowest BCUT2D eigenvalue weighted by atomic mass is 9.94. The number of aromatic amines is 1. The number of carbonyl (C=O) groups excluding carboxylic acids is 2. The van der Waals surface area contributed by atoms with Gasteiger partial charge in [0.05, 0.1) is 18.7 Å². The Balaban J connectivity index is 1.76. The van der Waals surface area contributed by atoms with Gasteiger partial charge >= 0.3 is 0 Å². The van der Waals surface area contributed by atoms with Gasteiger partial charge in [-0.2, -0.15) is 0 Å². The molecule has 4 aromatic rings. The highest BCUT2D eigenvalue weighted by Crippen LogP contribution is 2.43. The maximum Gasteiger partial charge on any atom is 0.300 e. The first-order valence-electron chi connectivity index (χ1n) is 10.6. The van der Waals surface area contributed by atoms with E-state index in [2.05, 4.69) is 4.98 Å². The summed E-state index contributed by atoms with van der Waals surface area (Å²) in [6.07, 6.45) is 1.65. The minimum absolute atomic E-state index is 0.0404. The second-order valence-electron chi connectivity index (χ2n) is 8.03. The highest BCUT2D eigenvalue weighted by atomic mass is 16.5. The number of nitrogens with zero attached hydrogens (tertiary/aromatic N) is 1. The van der Waals surface area contributed by atoms with E-state index in [9.17, 15) is 14.7 Å². The van der Waals surface area contributed by atoms with E-state index in [1.807, 2.05) is 49.4 Å². The van der Waals surface area contributed by atoms with Gasteiger partial charge in [-0.1, -0.05) is 48.0 Å². The molecule has 3 aromatic carbocycles. The fourth-order valence-corrected chi connectivity index (χ4v) is 4.34. The molecule has 1 amide bonds. The molecular weight excluding hydrogens is 416 g/mol. The predicted molar refractivity (Wildman–Crippen MR) is 127 cm³/mol. The van der Waals surface area contributed by atoms with Crippen LogP contribution in [0, 0.1) is 6.92 Å². The molecule has 0 radical (unpaired) electrons. The number of hydrogen-bond donors (Lipinski definition) is 2. The summed E-state index contributed by atoms with van der Waals surface area (Å²) in [4.78, 5) is 31.1. The number of aromatic nitrogens is 1. The van der Waals surface area contributed by atoms with Crippen molar-refractivity contribution in [3.05, 3.63) is 101 Å². The average molecular weight is 438 g/mol. The van der Waals surface area contributed by atoms with E-state index in [4.69, 9.17) is 4.74 Å². The summed E-state index contributed by atoms with van der Waals surface area (Å²) >= 11 is 0. The number of hydrogen-bond acceptors (Lipinski definition) is 4. The second-order valence-corrected chi connectivity index (χ2v) is 8.03. The van der Waals surface area contributed by atoms with Gasteiger partial charge in [0.2, 0.25) is 0 Å². The topological polar surface area (TPSA) is 82.6 Å². The smallest absolute Gasteiger partial charge is 0.300 e. The number of ether oxygens (including phenoxy) is 1. The van der Waals surface area contributed by atoms with Crippen LogP contribution in [0.2, 0.25) is 0 Å². The quantitative estimate of drug-likeness (QED) is 0.263. The number of aryl methyl sites for hydroxylation is 1. The van der Waals surface area contributed by atoms with E-state index >= 15 is 0 Å². The number of fused-ring (bicyclic) bond motifs is 1. The highest BCUT2D eigenvalue weighted by Gasteiger charge is 2.47. The molecule has 1 unspecified atom stereocenters. The number of H-pyrrole nitrogens is 1. The Kier molecular flexibility index (Phi) is 4.98. The zero-order valence-corrected chi connectivity index (χ0v) is 18.2. The third-order valence-corrected chi connectivity index (χ3v) is 6.01. The van der Waals surface area contributed by atoms with Crippen LogP contribution >= 0.6 is 0 Å².